The van der Waals surface area contributed by atoms with Crippen LogP contribution in [0.4, 0.5) is 0 Å². The van der Waals surface area contributed by atoms with Crippen molar-refractivity contribution in [3.63, 3.8) is 0 Å². The lowest BCUT2D eigenvalue weighted by Gasteiger charge is -2.18. The summed E-state index contributed by atoms with van der Waals surface area (Å²) >= 11 is 3.59. The van der Waals surface area contributed by atoms with Gasteiger partial charge < -0.3 is 0 Å². The number of thioether (sulfide) groups is 1. The van der Waals surface area contributed by atoms with Gasteiger partial charge in [0.05, 0.1) is 0 Å². The van der Waals surface area contributed by atoms with Crippen LogP contribution in [0.2, 0.25) is 0 Å². The van der Waals surface area contributed by atoms with E-state index in [9.17, 15) is 4.79 Å². The molecule has 2 rings (SSSR count). The number of aldehydes is 1. The van der Waals surface area contributed by atoms with Gasteiger partial charge in [-0.3, -0.25) is 4.79 Å². The Morgan fingerprint density at radius 2 is 2.54 bits per heavy atom. The fourth-order valence-electron chi connectivity index (χ4n) is 1.45. The van der Waals surface area contributed by atoms with Gasteiger partial charge in [-0.2, -0.15) is 11.8 Å². The highest BCUT2D eigenvalue weighted by atomic mass is 32.2. The zero-order valence-corrected chi connectivity index (χ0v) is 9.08. The molecule has 1 aromatic heterocycles. The Balaban J connectivity index is 2.28. The number of hydrogen-bond acceptors (Lipinski definition) is 4. The molecule has 0 aliphatic carbocycles. The Kier molecular flexibility index (Phi) is 2.43. The first-order valence-corrected chi connectivity index (χ1v) is 6.27. The summed E-state index contributed by atoms with van der Waals surface area (Å²) in [5.41, 5.74) is 0.800. The van der Waals surface area contributed by atoms with Crippen molar-refractivity contribution < 1.29 is 4.79 Å². The molecule has 70 valence electrons. The summed E-state index contributed by atoms with van der Waals surface area (Å²) in [5.74, 6) is 2.35. The van der Waals surface area contributed by atoms with Crippen LogP contribution in [-0.2, 0) is 5.41 Å². The molecule has 2 nitrogen and oxygen atoms in total. The van der Waals surface area contributed by atoms with E-state index in [2.05, 4.69) is 11.9 Å². The van der Waals surface area contributed by atoms with Gasteiger partial charge in [0, 0.05) is 16.5 Å². The molecule has 1 atom stereocenters. The van der Waals surface area contributed by atoms with Crippen LogP contribution in [0, 0.1) is 0 Å². The highest BCUT2D eigenvalue weighted by Crippen LogP contribution is 2.39. The van der Waals surface area contributed by atoms with Crippen LogP contribution < -0.4 is 0 Å². The Bertz CT molecular complexity index is 315. The molecule has 0 amide bonds. The van der Waals surface area contributed by atoms with Crippen LogP contribution in [0.25, 0.3) is 0 Å². The first kappa shape index (κ1) is 9.21. The molecule has 13 heavy (non-hydrogen) atoms. The third-order valence-electron chi connectivity index (χ3n) is 2.38. The van der Waals surface area contributed by atoms with Gasteiger partial charge in [0.25, 0.3) is 0 Å². The lowest BCUT2D eigenvalue weighted by Crippen LogP contribution is -2.20. The lowest BCUT2D eigenvalue weighted by atomic mass is 9.91. The second-order valence-corrected chi connectivity index (χ2v) is 5.52. The summed E-state index contributed by atoms with van der Waals surface area (Å²) in [5, 5.41) is 2.97. The van der Waals surface area contributed by atoms with E-state index in [0.717, 1.165) is 17.0 Å². The maximum Gasteiger partial charge on any atom is 0.169 e. The largest absolute Gasteiger partial charge is 0.296 e. The maximum absolute atomic E-state index is 10.5. The fourth-order valence-corrected chi connectivity index (χ4v) is 3.97. The predicted molar refractivity (Wildman–Crippen MR) is 56.8 cm³/mol. The Hall–Kier alpha value is -0.350. The van der Waals surface area contributed by atoms with E-state index >= 15 is 0 Å². The van der Waals surface area contributed by atoms with Crippen molar-refractivity contribution in [1.29, 1.82) is 0 Å². The molecule has 2 heterocycles. The second-order valence-electron chi connectivity index (χ2n) is 3.56. The Morgan fingerprint density at radius 3 is 3.08 bits per heavy atom. The van der Waals surface area contributed by atoms with E-state index in [1.54, 1.807) is 11.3 Å². The molecular weight excluding hydrogens is 202 g/mol. The molecule has 0 bridgehead atoms. The molecule has 1 saturated heterocycles. The standard InChI is InChI=1S/C9H11NOS2/c1-9(2-3-12-6-9)8-10-7(4-11)5-13-8/h4-5H,2-3,6H2,1H3. The van der Waals surface area contributed by atoms with Crippen molar-refractivity contribution in [2.24, 2.45) is 0 Å². The summed E-state index contributed by atoms with van der Waals surface area (Å²) in [6, 6.07) is 0. The fraction of sp³-hybridized carbons (Fsp3) is 0.556. The summed E-state index contributed by atoms with van der Waals surface area (Å²) in [7, 11) is 0. The molecule has 1 aliphatic heterocycles. The minimum absolute atomic E-state index is 0.219. The smallest absolute Gasteiger partial charge is 0.169 e. The SMILES string of the molecule is CC1(c2nc(C=O)cs2)CCSC1. The molecule has 0 spiro atoms. The Morgan fingerprint density at radius 1 is 1.69 bits per heavy atom. The van der Waals surface area contributed by atoms with E-state index in [4.69, 9.17) is 0 Å². The van der Waals surface area contributed by atoms with Gasteiger partial charge in [-0.05, 0) is 12.2 Å². The number of carbonyl (C=O) groups is 1. The highest BCUT2D eigenvalue weighted by Gasteiger charge is 2.33. The van der Waals surface area contributed by atoms with Crippen molar-refractivity contribution in [2.75, 3.05) is 11.5 Å². The quantitative estimate of drug-likeness (QED) is 0.706. The van der Waals surface area contributed by atoms with Crippen LogP contribution in [0.1, 0.15) is 28.8 Å². The van der Waals surface area contributed by atoms with Crippen molar-refractivity contribution in [3.8, 4) is 0 Å². The average molecular weight is 213 g/mol. The number of hydrogen-bond donors (Lipinski definition) is 0. The van der Waals surface area contributed by atoms with E-state index in [0.29, 0.717) is 5.69 Å². The molecule has 1 aliphatic rings. The number of carbonyl (C=O) groups excluding carboxylic acids is 1. The van der Waals surface area contributed by atoms with Crippen LogP contribution in [0.3, 0.4) is 0 Å². The summed E-state index contributed by atoms with van der Waals surface area (Å²) in [6.45, 7) is 2.24. The third kappa shape index (κ3) is 1.65. The van der Waals surface area contributed by atoms with Gasteiger partial charge in [-0.1, -0.05) is 6.92 Å². The number of nitrogens with zero attached hydrogens (tertiary/aromatic N) is 1. The molecule has 0 aromatic carbocycles. The van der Waals surface area contributed by atoms with Crippen LogP contribution in [0.5, 0.6) is 0 Å². The van der Waals surface area contributed by atoms with Crippen LogP contribution >= 0.6 is 23.1 Å². The minimum atomic E-state index is 0.219. The summed E-state index contributed by atoms with van der Waals surface area (Å²) in [4.78, 5) is 14.8. The van der Waals surface area contributed by atoms with Gasteiger partial charge in [0.2, 0.25) is 0 Å². The van der Waals surface area contributed by atoms with Gasteiger partial charge in [-0.25, -0.2) is 4.98 Å². The normalized spacial score (nSPS) is 27.8. The van der Waals surface area contributed by atoms with Crippen LogP contribution in [0.15, 0.2) is 5.38 Å². The monoisotopic (exact) mass is 213 g/mol. The molecule has 0 N–H and O–H groups in total. The van der Waals surface area contributed by atoms with Crippen molar-refractivity contribution in [1.82, 2.24) is 4.98 Å². The first-order chi connectivity index (χ1) is 6.24. The summed E-state index contributed by atoms with van der Waals surface area (Å²) < 4.78 is 0. The van der Waals surface area contributed by atoms with Gasteiger partial charge in [-0.15, -0.1) is 11.3 Å². The zero-order valence-electron chi connectivity index (χ0n) is 7.45. The highest BCUT2D eigenvalue weighted by molar-refractivity contribution is 7.99. The topological polar surface area (TPSA) is 30.0 Å². The summed E-state index contributed by atoms with van der Waals surface area (Å²) in [6.07, 6.45) is 2.01. The van der Waals surface area contributed by atoms with E-state index < -0.39 is 0 Å². The van der Waals surface area contributed by atoms with Crippen molar-refractivity contribution in [2.45, 2.75) is 18.8 Å². The van der Waals surface area contributed by atoms with Gasteiger partial charge >= 0.3 is 0 Å². The number of rotatable bonds is 2. The zero-order chi connectivity index (χ0) is 9.31. The van der Waals surface area contributed by atoms with E-state index in [1.807, 2.05) is 17.1 Å². The lowest BCUT2D eigenvalue weighted by molar-refractivity contribution is 0.111. The number of aromatic nitrogens is 1. The predicted octanol–water partition coefficient (Wildman–Crippen LogP) is 2.35. The maximum atomic E-state index is 10.5. The van der Waals surface area contributed by atoms with Crippen molar-refractivity contribution >= 4 is 29.4 Å². The molecular formula is C9H11NOS2. The van der Waals surface area contributed by atoms with Gasteiger partial charge in [0.1, 0.15) is 10.7 Å². The third-order valence-corrected chi connectivity index (χ3v) is 4.88. The van der Waals surface area contributed by atoms with E-state index in [-0.39, 0.29) is 5.41 Å². The average Bonchev–Trinajstić information content (AvgIpc) is 2.72. The minimum Gasteiger partial charge on any atom is -0.296 e. The molecule has 4 heteroatoms. The molecule has 0 saturated carbocycles. The second kappa shape index (κ2) is 3.42. The molecule has 1 aromatic rings. The number of thiazole rings is 1. The first-order valence-electron chi connectivity index (χ1n) is 4.23. The molecule has 1 unspecified atom stereocenters. The van der Waals surface area contributed by atoms with Crippen LogP contribution in [-0.4, -0.2) is 22.8 Å². The Labute approximate surface area is 85.8 Å². The van der Waals surface area contributed by atoms with Gasteiger partial charge in [0.15, 0.2) is 6.29 Å². The molecule has 1 fully saturated rings. The van der Waals surface area contributed by atoms with Crippen molar-refractivity contribution in [3.05, 3.63) is 16.1 Å². The van der Waals surface area contributed by atoms with E-state index in [1.165, 1.54) is 12.2 Å². The molecule has 0 radical (unpaired) electrons.